The molecule has 1 saturated heterocycles. The van der Waals surface area contributed by atoms with Gasteiger partial charge in [0.2, 0.25) is 5.95 Å². The third kappa shape index (κ3) is 5.67. The highest BCUT2D eigenvalue weighted by Crippen LogP contribution is 2.37. The third-order valence-corrected chi connectivity index (χ3v) is 6.51. The number of nitrogens with zero attached hydrogens (tertiary/aromatic N) is 4. The smallest absolute Gasteiger partial charge is 0.419 e. The minimum atomic E-state index is -4.61. The molecule has 1 aliphatic heterocycles. The SMILES string of the molecule is CCc1cc(-c2nc(Nc3ccc(N4CCC(N(C)C)CC4)cc3)ncc2C(F)(F)F)ccc1O. The van der Waals surface area contributed by atoms with Crippen LogP contribution in [0, 0.1) is 0 Å². The molecule has 0 spiro atoms. The molecule has 0 radical (unpaired) electrons. The Morgan fingerprint density at radius 3 is 2.37 bits per heavy atom. The number of hydrogen-bond donors (Lipinski definition) is 2. The molecular weight excluding hydrogens is 455 g/mol. The van der Waals surface area contributed by atoms with E-state index in [4.69, 9.17) is 0 Å². The topological polar surface area (TPSA) is 64.5 Å². The van der Waals surface area contributed by atoms with E-state index in [2.05, 4.69) is 39.2 Å². The number of phenolic OH excluding ortho intramolecular Hbond substituents is 1. The molecule has 1 fully saturated rings. The van der Waals surface area contributed by atoms with Crippen LogP contribution in [-0.4, -0.2) is 53.2 Å². The number of aromatic hydroxyl groups is 1. The van der Waals surface area contributed by atoms with Gasteiger partial charge in [-0.3, -0.25) is 0 Å². The maximum absolute atomic E-state index is 13.7. The van der Waals surface area contributed by atoms with Crippen LogP contribution in [0.2, 0.25) is 0 Å². The van der Waals surface area contributed by atoms with Gasteiger partial charge in [0.25, 0.3) is 0 Å². The lowest BCUT2D eigenvalue weighted by atomic mass is 10.0. The van der Waals surface area contributed by atoms with Gasteiger partial charge < -0.3 is 20.2 Å². The fraction of sp³-hybridized carbons (Fsp3) is 0.385. The number of hydrogen-bond acceptors (Lipinski definition) is 6. The Hall–Kier alpha value is -3.33. The normalized spacial score (nSPS) is 15.0. The van der Waals surface area contributed by atoms with Gasteiger partial charge >= 0.3 is 6.18 Å². The van der Waals surface area contributed by atoms with Crippen molar-refractivity contribution in [3.8, 4) is 17.0 Å². The van der Waals surface area contributed by atoms with Crippen molar-refractivity contribution in [3.05, 3.63) is 59.8 Å². The number of alkyl halides is 3. The molecular formula is C26H30F3N5O. The second-order valence-electron chi connectivity index (χ2n) is 9.00. The van der Waals surface area contributed by atoms with E-state index in [9.17, 15) is 18.3 Å². The molecule has 9 heteroatoms. The first-order valence-electron chi connectivity index (χ1n) is 11.7. The number of halogens is 3. The maximum Gasteiger partial charge on any atom is 0.419 e. The predicted molar refractivity (Wildman–Crippen MR) is 132 cm³/mol. The molecule has 0 unspecified atom stereocenters. The zero-order valence-electron chi connectivity index (χ0n) is 20.1. The van der Waals surface area contributed by atoms with Gasteiger partial charge in [-0.1, -0.05) is 6.92 Å². The molecule has 186 valence electrons. The summed E-state index contributed by atoms with van der Waals surface area (Å²) < 4.78 is 41.1. The van der Waals surface area contributed by atoms with Crippen LogP contribution in [0.4, 0.5) is 30.5 Å². The molecule has 35 heavy (non-hydrogen) atoms. The summed E-state index contributed by atoms with van der Waals surface area (Å²) in [6.07, 6.45) is -1.12. The van der Waals surface area contributed by atoms with E-state index >= 15 is 0 Å². The van der Waals surface area contributed by atoms with E-state index < -0.39 is 11.7 Å². The van der Waals surface area contributed by atoms with Crippen LogP contribution < -0.4 is 10.2 Å². The van der Waals surface area contributed by atoms with Crippen molar-refractivity contribution in [1.82, 2.24) is 14.9 Å². The van der Waals surface area contributed by atoms with Gasteiger partial charge in [-0.2, -0.15) is 13.2 Å². The molecule has 1 aromatic heterocycles. The van der Waals surface area contributed by atoms with Crippen LogP contribution in [-0.2, 0) is 12.6 Å². The van der Waals surface area contributed by atoms with Crippen molar-refractivity contribution >= 4 is 17.3 Å². The van der Waals surface area contributed by atoms with E-state index in [1.165, 1.54) is 18.2 Å². The molecule has 0 aliphatic carbocycles. The number of benzene rings is 2. The fourth-order valence-electron chi connectivity index (χ4n) is 4.41. The molecule has 0 bridgehead atoms. The largest absolute Gasteiger partial charge is 0.508 e. The molecule has 6 nitrogen and oxygen atoms in total. The van der Waals surface area contributed by atoms with Gasteiger partial charge in [-0.15, -0.1) is 0 Å². The minimum absolute atomic E-state index is 0.0447. The number of piperidine rings is 1. The van der Waals surface area contributed by atoms with E-state index in [0.29, 0.717) is 23.7 Å². The van der Waals surface area contributed by atoms with Gasteiger partial charge in [0.15, 0.2) is 0 Å². The first-order valence-corrected chi connectivity index (χ1v) is 11.7. The van der Waals surface area contributed by atoms with Gasteiger partial charge in [0, 0.05) is 42.3 Å². The van der Waals surface area contributed by atoms with Crippen LogP contribution in [0.3, 0.4) is 0 Å². The Kier molecular flexibility index (Phi) is 7.16. The van der Waals surface area contributed by atoms with Crippen molar-refractivity contribution in [2.45, 2.75) is 38.4 Å². The van der Waals surface area contributed by atoms with Crippen molar-refractivity contribution < 1.29 is 18.3 Å². The van der Waals surface area contributed by atoms with Gasteiger partial charge in [-0.25, -0.2) is 9.97 Å². The Morgan fingerprint density at radius 1 is 1.09 bits per heavy atom. The zero-order chi connectivity index (χ0) is 25.2. The Bertz CT molecular complexity index is 1160. The molecule has 0 atom stereocenters. The van der Waals surface area contributed by atoms with Crippen LogP contribution in [0.5, 0.6) is 5.75 Å². The van der Waals surface area contributed by atoms with Crippen molar-refractivity contribution in [3.63, 3.8) is 0 Å². The summed E-state index contributed by atoms with van der Waals surface area (Å²) in [4.78, 5) is 12.7. The first-order chi connectivity index (χ1) is 16.7. The number of aromatic nitrogens is 2. The number of rotatable bonds is 6. The van der Waals surface area contributed by atoms with Gasteiger partial charge in [0.05, 0.1) is 5.69 Å². The third-order valence-electron chi connectivity index (χ3n) is 6.51. The molecule has 0 amide bonds. The Morgan fingerprint density at radius 2 is 1.77 bits per heavy atom. The molecule has 0 saturated carbocycles. The highest BCUT2D eigenvalue weighted by Gasteiger charge is 2.35. The summed E-state index contributed by atoms with van der Waals surface area (Å²) in [6, 6.07) is 12.7. The van der Waals surface area contributed by atoms with Gasteiger partial charge in [0.1, 0.15) is 11.3 Å². The average molecular weight is 486 g/mol. The molecule has 1 aliphatic rings. The van der Waals surface area contributed by atoms with Crippen molar-refractivity contribution in [1.29, 1.82) is 0 Å². The minimum Gasteiger partial charge on any atom is -0.508 e. The highest BCUT2D eigenvalue weighted by atomic mass is 19.4. The van der Waals surface area contributed by atoms with Crippen LogP contribution in [0.15, 0.2) is 48.7 Å². The van der Waals surface area contributed by atoms with Crippen molar-refractivity contribution in [2.24, 2.45) is 0 Å². The molecule has 2 aromatic carbocycles. The average Bonchev–Trinajstić information content (AvgIpc) is 2.84. The summed E-state index contributed by atoms with van der Waals surface area (Å²) in [5.41, 5.74) is 1.46. The van der Waals surface area contributed by atoms with E-state index in [-0.39, 0.29) is 23.0 Å². The quantitative estimate of drug-likeness (QED) is 0.467. The summed E-state index contributed by atoms with van der Waals surface area (Å²) in [5.74, 6) is 0.113. The lowest BCUT2D eigenvalue weighted by Crippen LogP contribution is -2.41. The number of nitrogens with one attached hydrogen (secondary N) is 1. The van der Waals surface area contributed by atoms with E-state index in [0.717, 1.165) is 37.8 Å². The lowest BCUT2D eigenvalue weighted by Gasteiger charge is -2.36. The molecule has 2 N–H and O–H groups in total. The second-order valence-corrected chi connectivity index (χ2v) is 9.00. The molecule has 2 heterocycles. The van der Waals surface area contributed by atoms with Crippen LogP contribution in [0.25, 0.3) is 11.3 Å². The summed E-state index contributed by atoms with van der Waals surface area (Å²) in [5, 5.41) is 13.0. The Labute approximate surface area is 203 Å². The predicted octanol–water partition coefficient (Wildman–Crippen LogP) is 5.70. The van der Waals surface area contributed by atoms with Crippen molar-refractivity contribution in [2.75, 3.05) is 37.4 Å². The number of aryl methyl sites for hydroxylation is 1. The second kappa shape index (κ2) is 10.1. The molecule has 4 rings (SSSR count). The lowest BCUT2D eigenvalue weighted by molar-refractivity contribution is -0.137. The zero-order valence-corrected chi connectivity index (χ0v) is 20.1. The first kappa shape index (κ1) is 24.8. The Balaban J connectivity index is 1.55. The standard InChI is InChI=1S/C26H30F3N5O/c1-4-17-15-18(5-10-23(17)35)24-22(26(27,28)29)16-30-25(32-24)31-19-6-8-21(9-7-19)34-13-11-20(12-14-34)33(2)3/h5-10,15-16,20,35H,4,11-14H2,1-3H3,(H,30,31,32). The van der Waals surface area contributed by atoms with Gasteiger partial charge in [-0.05, 0) is 81.4 Å². The highest BCUT2D eigenvalue weighted by molar-refractivity contribution is 5.68. The number of anilines is 3. The number of phenols is 1. The summed E-state index contributed by atoms with van der Waals surface area (Å²) in [7, 11) is 4.22. The fourth-order valence-corrected chi connectivity index (χ4v) is 4.41. The van der Waals surface area contributed by atoms with Crippen LogP contribution in [0.1, 0.15) is 30.9 Å². The van der Waals surface area contributed by atoms with E-state index in [1.54, 1.807) is 0 Å². The summed E-state index contributed by atoms with van der Waals surface area (Å²) in [6.45, 7) is 3.78. The monoisotopic (exact) mass is 485 g/mol. The van der Waals surface area contributed by atoms with E-state index in [1.807, 2.05) is 31.2 Å². The van der Waals surface area contributed by atoms with Crippen LogP contribution >= 0.6 is 0 Å². The maximum atomic E-state index is 13.7. The summed E-state index contributed by atoms with van der Waals surface area (Å²) >= 11 is 0. The molecule has 3 aromatic rings.